The Balaban J connectivity index is 1.08. The molecular formula is C56H58N6O8. The number of benzene rings is 5. The van der Waals surface area contributed by atoms with E-state index in [1.807, 2.05) is 140 Å². The van der Waals surface area contributed by atoms with Gasteiger partial charge in [0.1, 0.15) is 35.9 Å². The number of likely N-dealkylation sites (N-methyl/N-ethyl adjacent to an activating group) is 1. The number of amides is 5. The van der Waals surface area contributed by atoms with E-state index in [0.29, 0.717) is 0 Å². The number of hydrogen-bond donors (Lipinski definition) is 4. The van der Waals surface area contributed by atoms with Crippen molar-refractivity contribution in [3.63, 3.8) is 0 Å². The second-order valence-corrected chi connectivity index (χ2v) is 18.3. The molecule has 0 saturated carbocycles. The fraction of sp³-hybridized carbons (Fsp3) is 0.268. The van der Waals surface area contributed by atoms with Crippen molar-refractivity contribution in [2.24, 2.45) is 0 Å². The first kappa shape index (κ1) is 49.8. The first-order valence-electron chi connectivity index (χ1n) is 23.2. The Bertz CT molecular complexity index is 2690. The Morgan fingerprint density at radius 3 is 1.64 bits per heavy atom. The van der Waals surface area contributed by atoms with Gasteiger partial charge in [0.05, 0.1) is 24.2 Å². The number of ether oxygens (including phenoxy) is 2. The lowest BCUT2D eigenvalue weighted by molar-refractivity contribution is -0.139. The fourth-order valence-electron chi connectivity index (χ4n) is 8.66. The molecule has 7 rings (SSSR count). The highest BCUT2D eigenvalue weighted by Crippen LogP contribution is 2.44. The number of fused-ring (bicyclic) bond motifs is 3. The van der Waals surface area contributed by atoms with Crippen LogP contribution in [0.5, 0.6) is 0 Å². The average Bonchev–Trinajstić information content (AvgIpc) is 3.68. The quantitative estimate of drug-likeness (QED) is 0.0534. The molecule has 6 aromatic rings. The third kappa shape index (κ3) is 11.6. The monoisotopic (exact) mass is 942 g/mol. The van der Waals surface area contributed by atoms with Gasteiger partial charge in [0.25, 0.3) is 0 Å². The number of carbonyl (C=O) groups excluding carboxylic acids is 6. The molecule has 0 bridgehead atoms. The van der Waals surface area contributed by atoms with Crippen molar-refractivity contribution in [2.75, 3.05) is 13.7 Å². The smallest absolute Gasteiger partial charge is 0.407 e. The third-order valence-corrected chi connectivity index (χ3v) is 12.0. The number of alkyl carbamates (subject to hydrolysis) is 1. The minimum Gasteiger partial charge on any atom is -0.456 e. The van der Waals surface area contributed by atoms with Gasteiger partial charge in [-0.05, 0) is 85.7 Å². The standard InChI is InChI=1S/C56H58N6O8/c1-36(58-50(64)37(2)59-54(68)69-35-46-43-29-18-16-27-41(43)42-28-17-19-30-44(42)46)51(65)60-47(52(66)62(6)34-48-45(31-20-32-57-48)53(67)70-55(3,4)5)33-49(63)61-56(38-21-10-7-11-22-38,39-23-12-8-13-24-39)40-25-14-9-15-26-40/h7-32,36-37,46-47H,33-35H2,1-6H3,(H,58,64)(H,59,68)(H,60,65)(H,61,63)/t36-,37-,47-/m0/s1. The van der Waals surface area contributed by atoms with Crippen molar-refractivity contribution in [3.05, 3.63) is 197 Å². The molecule has 3 atom stereocenters. The number of nitrogens with one attached hydrogen (secondary N) is 4. The molecule has 70 heavy (non-hydrogen) atoms. The molecule has 0 aliphatic heterocycles. The van der Waals surface area contributed by atoms with Crippen LogP contribution in [0.4, 0.5) is 4.79 Å². The molecule has 14 nitrogen and oxygen atoms in total. The number of aromatic nitrogens is 1. The van der Waals surface area contributed by atoms with E-state index in [1.165, 1.54) is 32.0 Å². The van der Waals surface area contributed by atoms with Crippen molar-refractivity contribution < 1.29 is 38.2 Å². The Labute approximate surface area is 408 Å². The maximum Gasteiger partial charge on any atom is 0.407 e. The van der Waals surface area contributed by atoms with Crippen molar-refractivity contribution in [1.29, 1.82) is 0 Å². The van der Waals surface area contributed by atoms with Gasteiger partial charge in [-0.1, -0.05) is 140 Å². The first-order chi connectivity index (χ1) is 33.6. The SMILES string of the molecule is C[C@H](NC(=O)OCC1c2ccccc2-c2ccccc21)C(=O)N[C@@H](C)C(=O)N[C@@H](CC(=O)NC(c1ccccc1)(c1ccccc1)c1ccccc1)C(=O)N(C)Cc1ncccc1C(=O)OC(C)(C)C. The van der Waals surface area contributed by atoms with Gasteiger partial charge in [0.15, 0.2) is 0 Å². The van der Waals surface area contributed by atoms with Crippen LogP contribution >= 0.6 is 0 Å². The lowest BCUT2D eigenvalue weighted by Gasteiger charge is -2.37. The second kappa shape index (κ2) is 21.9. The topological polar surface area (TPSA) is 185 Å². The van der Waals surface area contributed by atoms with Crippen LogP contribution in [0.25, 0.3) is 11.1 Å². The zero-order chi connectivity index (χ0) is 50.0. The molecule has 0 spiro atoms. The Morgan fingerprint density at radius 1 is 0.629 bits per heavy atom. The zero-order valence-electron chi connectivity index (χ0n) is 40.1. The summed E-state index contributed by atoms with van der Waals surface area (Å²) in [6.45, 7) is 7.94. The minimum absolute atomic E-state index is 0.0380. The molecule has 14 heteroatoms. The van der Waals surface area contributed by atoms with E-state index < -0.39 is 71.4 Å². The molecule has 5 aromatic carbocycles. The highest BCUT2D eigenvalue weighted by Gasteiger charge is 2.40. The van der Waals surface area contributed by atoms with E-state index in [1.54, 1.807) is 32.9 Å². The number of hydrogen-bond acceptors (Lipinski definition) is 9. The number of pyridine rings is 1. The number of rotatable bonds is 17. The van der Waals surface area contributed by atoms with E-state index in [9.17, 15) is 28.8 Å². The lowest BCUT2D eigenvalue weighted by atomic mass is 9.77. The summed E-state index contributed by atoms with van der Waals surface area (Å²) in [5.74, 6) is -3.57. The number of esters is 1. The van der Waals surface area contributed by atoms with E-state index in [-0.39, 0.29) is 30.3 Å². The third-order valence-electron chi connectivity index (χ3n) is 12.0. The predicted octanol–water partition coefficient (Wildman–Crippen LogP) is 7.41. The summed E-state index contributed by atoms with van der Waals surface area (Å²) in [6, 6.07) is 43.4. The molecule has 1 aromatic heterocycles. The van der Waals surface area contributed by atoms with Crippen LogP contribution in [0.3, 0.4) is 0 Å². The summed E-state index contributed by atoms with van der Waals surface area (Å²) < 4.78 is 11.2. The molecule has 0 fully saturated rings. The van der Waals surface area contributed by atoms with Gasteiger partial charge in [0, 0.05) is 19.2 Å². The highest BCUT2D eigenvalue weighted by molar-refractivity contribution is 5.96. The van der Waals surface area contributed by atoms with Crippen LogP contribution in [0.2, 0.25) is 0 Å². The van der Waals surface area contributed by atoms with Gasteiger partial charge in [-0.15, -0.1) is 0 Å². The molecule has 5 amide bonds. The zero-order valence-corrected chi connectivity index (χ0v) is 40.1. The molecule has 0 radical (unpaired) electrons. The van der Waals surface area contributed by atoms with Crippen molar-refractivity contribution in [3.8, 4) is 11.1 Å². The summed E-state index contributed by atoms with van der Waals surface area (Å²) in [5.41, 5.74) is 4.78. The Morgan fingerprint density at radius 2 is 1.11 bits per heavy atom. The van der Waals surface area contributed by atoms with Crippen LogP contribution in [0, 0.1) is 0 Å². The summed E-state index contributed by atoms with van der Waals surface area (Å²) in [4.78, 5) is 88.8. The molecule has 0 saturated heterocycles. The highest BCUT2D eigenvalue weighted by atomic mass is 16.6. The van der Waals surface area contributed by atoms with Crippen molar-refractivity contribution >= 4 is 35.7 Å². The van der Waals surface area contributed by atoms with Crippen LogP contribution < -0.4 is 21.3 Å². The van der Waals surface area contributed by atoms with Crippen LogP contribution in [0.15, 0.2) is 158 Å². The van der Waals surface area contributed by atoms with E-state index >= 15 is 0 Å². The largest absolute Gasteiger partial charge is 0.456 e. The molecule has 1 heterocycles. The first-order valence-corrected chi connectivity index (χ1v) is 23.2. The minimum atomic E-state index is -1.48. The second-order valence-electron chi connectivity index (χ2n) is 18.3. The summed E-state index contributed by atoms with van der Waals surface area (Å²) >= 11 is 0. The molecule has 360 valence electrons. The van der Waals surface area contributed by atoms with E-state index in [2.05, 4.69) is 26.3 Å². The van der Waals surface area contributed by atoms with Crippen LogP contribution in [0.1, 0.15) is 90.8 Å². The van der Waals surface area contributed by atoms with Gasteiger partial charge in [-0.2, -0.15) is 0 Å². The molecule has 0 unspecified atom stereocenters. The number of carbonyl (C=O) groups is 6. The maximum atomic E-state index is 14.7. The molecule has 1 aliphatic rings. The van der Waals surface area contributed by atoms with Gasteiger partial charge in [-0.3, -0.25) is 24.2 Å². The summed E-state index contributed by atoms with van der Waals surface area (Å²) in [7, 11) is 1.47. The van der Waals surface area contributed by atoms with Crippen LogP contribution in [-0.2, 0) is 40.7 Å². The van der Waals surface area contributed by atoms with E-state index in [0.717, 1.165) is 38.9 Å². The van der Waals surface area contributed by atoms with Crippen LogP contribution in [-0.4, -0.2) is 83.0 Å². The summed E-state index contributed by atoms with van der Waals surface area (Å²) in [6.07, 6.45) is 0.130. The normalized spacial score (nSPS) is 13.3. The van der Waals surface area contributed by atoms with Crippen molar-refractivity contribution in [2.45, 2.75) is 82.8 Å². The van der Waals surface area contributed by atoms with Gasteiger partial charge < -0.3 is 35.6 Å². The molecule has 4 N–H and O–H groups in total. The lowest BCUT2D eigenvalue weighted by Crippen LogP contribution is -2.57. The maximum absolute atomic E-state index is 14.7. The van der Waals surface area contributed by atoms with Gasteiger partial charge >= 0.3 is 12.1 Å². The van der Waals surface area contributed by atoms with Gasteiger partial charge in [-0.25, -0.2) is 9.59 Å². The average molecular weight is 943 g/mol. The Kier molecular flexibility index (Phi) is 15.6. The summed E-state index contributed by atoms with van der Waals surface area (Å²) in [5, 5.41) is 11.1. The fourth-order valence-corrected chi connectivity index (χ4v) is 8.66. The van der Waals surface area contributed by atoms with Crippen molar-refractivity contribution in [1.82, 2.24) is 31.2 Å². The van der Waals surface area contributed by atoms with E-state index in [4.69, 9.17) is 9.47 Å². The molecule has 1 aliphatic carbocycles. The predicted molar refractivity (Wildman–Crippen MR) is 265 cm³/mol. The van der Waals surface area contributed by atoms with Gasteiger partial charge in [0.2, 0.25) is 23.6 Å². The number of nitrogens with zero attached hydrogens (tertiary/aromatic N) is 2. The molecular weight excluding hydrogens is 885 g/mol. The Hall–Kier alpha value is -8.13.